The Labute approximate surface area is 663 Å². The largest absolute Gasteiger partial charge is 0.494 e. The van der Waals surface area contributed by atoms with Crippen LogP contribution in [0.5, 0.6) is 34.5 Å². The summed E-state index contributed by atoms with van der Waals surface area (Å²) in [5, 5.41) is 0. The maximum absolute atomic E-state index is 7.42. The summed E-state index contributed by atoms with van der Waals surface area (Å²) >= 11 is 0. The van der Waals surface area contributed by atoms with Crippen molar-refractivity contribution in [3.8, 4) is 101 Å². The molecule has 0 aromatic heterocycles. The van der Waals surface area contributed by atoms with Crippen LogP contribution in [-0.4, -0.2) is 39.6 Å². The summed E-state index contributed by atoms with van der Waals surface area (Å²) in [6, 6.07) is 65.8. The topological polar surface area (TPSA) is 55.4 Å². The van der Waals surface area contributed by atoms with E-state index in [9.17, 15) is 0 Å². The zero-order valence-electron chi connectivity index (χ0n) is 68.3. The van der Waals surface area contributed by atoms with Crippen LogP contribution in [0.15, 0.2) is 170 Å². The van der Waals surface area contributed by atoms with Gasteiger partial charge in [-0.3, -0.25) is 0 Å². The van der Waals surface area contributed by atoms with Gasteiger partial charge < -0.3 is 28.4 Å². The van der Waals surface area contributed by atoms with E-state index in [0.717, 1.165) is 108 Å². The third-order valence-electron chi connectivity index (χ3n) is 24.5. The lowest BCUT2D eigenvalue weighted by atomic mass is 9.70. The highest BCUT2D eigenvalue weighted by Crippen LogP contribution is 2.66. The lowest BCUT2D eigenvalue weighted by Crippen LogP contribution is -2.26. The number of hydrogen-bond donors (Lipinski definition) is 0. The first-order valence-corrected chi connectivity index (χ1v) is 44.4. The second-order valence-corrected chi connectivity index (χ2v) is 32.5. The van der Waals surface area contributed by atoms with Gasteiger partial charge in [0.25, 0.3) is 0 Å². The molecule has 0 amide bonds. The van der Waals surface area contributed by atoms with E-state index in [0.29, 0.717) is 39.6 Å². The molecule has 6 nitrogen and oxygen atoms in total. The van der Waals surface area contributed by atoms with Gasteiger partial charge in [-0.1, -0.05) is 331 Å². The van der Waals surface area contributed by atoms with E-state index in [1.807, 2.05) is 0 Å². The molecule has 0 aliphatic heterocycles. The van der Waals surface area contributed by atoms with Gasteiger partial charge in [-0.15, -0.1) is 0 Å². The molecule has 0 radical (unpaired) electrons. The van der Waals surface area contributed by atoms with E-state index in [2.05, 4.69) is 211 Å². The Hall–Kier alpha value is -8.22. The Morgan fingerprint density at radius 3 is 0.700 bits per heavy atom. The van der Waals surface area contributed by atoms with Crippen molar-refractivity contribution >= 4 is 0 Å². The molecular formula is C104H130O6. The molecule has 0 N–H and O–H groups in total. The Morgan fingerprint density at radius 2 is 0.418 bits per heavy atom. The predicted molar refractivity (Wildman–Crippen MR) is 463 cm³/mol. The molecule has 9 aromatic carbocycles. The van der Waals surface area contributed by atoms with Crippen LogP contribution in [-0.2, 0) is 10.8 Å². The molecule has 2 spiro atoms. The van der Waals surface area contributed by atoms with Gasteiger partial charge in [-0.05, 0) is 211 Å². The summed E-state index contributed by atoms with van der Waals surface area (Å²) in [4.78, 5) is 0. The van der Waals surface area contributed by atoms with Gasteiger partial charge in [-0.25, -0.2) is 0 Å². The van der Waals surface area contributed by atoms with Crippen LogP contribution >= 0.6 is 0 Å². The van der Waals surface area contributed by atoms with Crippen LogP contribution in [0.3, 0.4) is 0 Å². The van der Waals surface area contributed by atoms with Crippen molar-refractivity contribution in [2.45, 2.75) is 284 Å². The summed E-state index contributed by atoms with van der Waals surface area (Å²) < 4.78 is 41.8. The molecule has 582 valence electrons. The normalized spacial score (nSPS) is 13.2. The highest BCUT2D eigenvalue weighted by Gasteiger charge is 2.54. The maximum Gasteiger partial charge on any atom is 0.128 e. The zero-order valence-corrected chi connectivity index (χ0v) is 68.3. The van der Waals surface area contributed by atoms with Gasteiger partial charge in [0.2, 0.25) is 0 Å². The molecule has 0 saturated carbocycles. The van der Waals surface area contributed by atoms with Crippen molar-refractivity contribution < 1.29 is 28.4 Å². The molecule has 0 saturated heterocycles. The monoisotopic (exact) mass is 1470 g/mol. The highest BCUT2D eigenvalue weighted by molar-refractivity contribution is 5.99. The predicted octanol–water partition coefficient (Wildman–Crippen LogP) is 30.1. The second kappa shape index (κ2) is 40.3. The van der Waals surface area contributed by atoms with Crippen LogP contribution in [0.2, 0.25) is 0 Å². The van der Waals surface area contributed by atoms with E-state index in [1.54, 1.807) is 0 Å². The number of ether oxygens (including phenoxy) is 6. The van der Waals surface area contributed by atoms with E-state index in [1.165, 1.54) is 269 Å². The van der Waals surface area contributed by atoms with E-state index in [-0.39, 0.29) is 0 Å². The minimum atomic E-state index is -0.613. The van der Waals surface area contributed by atoms with E-state index >= 15 is 0 Å². The van der Waals surface area contributed by atoms with Gasteiger partial charge in [0.1, 0.15) is 34.5 Å². The molecule has 4 aliphatic rings. The van der Waals surface area contributed by atoms with Crippen molar-refractivity contribution in [2.75, 3.05) is 39.6 Å². The average Bonchev–Trinajstić information content (AvgIpc) is 1.52. The summed E-state index contributed by atoms with van der Waals surface area (Å²) in [5.74, 6) is 5.48. The van der Waals surface area contributed by atoms with Gasteiger partial charge in [-0.2, -0.15) is 0 Å². The Bertz CT molecular complexity index is 4000. The van der Waals surface area contributed by atoms with Crippen LogP contribution < -0.4 is 28.4 Å². The first kappa shape index (κ1) is 79.9. The van der Waals surface area contributed by atoms with Crippen LogP contribution in [0, 0.1) is 0 Å². The molecule has 0 heterocycles. The fraction of sp³-hybridized carbons (Fsp3) is 0.481. The van der Waals surface area contributed by atoms with Crippen LogP contribution in [0.4, 0.5) is 0 Å². The average molecular weight is 1480 g/mol. The molecule has 0 atom stereocenters. The summed E-state index contributed by atoms with van der Waals surface area (Å²) in [7, 11) is 0. The van der Waals surface area contributed by atoms with Crippen LogP contribution in [0.25, 0.3) is 66.8 Å². The minimum Gasteiger partial charge on any atom is -0.494 e. The van der Waals surface area contributed by atoms with Gasteiger partial charge in [0.15, 0.2) is 0 Å². The standard InChI is InChI=1S/C104H130O6/c1-7-13-19-25-31-41-63-105-79-53-59-95-89(71-79)90-72-80(106-64-42-32-26-20-14-8-2)54-60-96(90)103(95)93-49-39-37-47-83(93)85-57-51-77(69-99(85)103)87-75-102(110-68-46-36-30-24-18-12-6)88(76-101(87)109-67-45-35-29-23-17-11-5)78-52-58-86-84-48-38-40-50-94(84)104(100(86)70-78)97-61-55-81(107-65-43-33-27-21-15-9-3)73-91(97)92-74-82(56-62-98(92)104)108-66-44-34-28-22-16-10-4/h37-40,47-62,69-76H,7-36,41-46,63-68H2,1-6H3. The quantitative estimate of drug-likeness (QED) is 0.0354. The molecule has 0 bridgehead atoms. The number of rotatable bonds is 50. The molecule has 110 heavy (non-hydrogen) atoms. The first-order valence-electron chi connectivity index (χ1n) is 44.4. The van der Waals surface area contributed by atoms with Crippen molar-refractivity contribution in [1.29, 1.82) is 0 Å². The van der Waals surface area contributed by atoms with Crippen molar-refractivity contribution in [2.24, 2.45) is 0 Å². The number of hydrogen-bond acceptors (Lipinski definition) is 6. The molecular weight excluding hydrogens is 1350 g/mol. The maximum atomic E-state index is 7.42. The van der Waals surface area contributed by atoms with Crippen molar-refractivity contribution in [1.82, 2.24) is 0 Å². The lowest BCUT2D eigenvalue weighted by molar-refractivity contribution is 0.298. The molecule has 0 fully saturated rings. The molecule has 0 unspecified atom stereocenters. The van der Waals surface area contributed by atoms with Gasteiger partial charge >= 0.3 is 0 Å². The number of benzene rings is 9. The third-order valence-corrected chi connectivity index (χ3v) is 24.5. The van der Waals surface area contributed by atoms with Crippen molar-refractivity contribution in [3.63, 3.8) is 0 Å². The van der Waals surface area contributed by atoms with E-state index in [4.69, 9.17) is 28.4 Å². The van der Waals surface area contributed by atoms with E-state index < -0.39 is 10.8 Å². The SMILES string of the molecule is CCCCCCCCOc1ccc2c(c1)-c1cc(OCCCCCCCC)ccc1C21c2ccccc2-c2ccc(-c3cc(OCCCCCCCC)c(-c4ccc5c(c4)C4(c6ccccc6-5)c5ccc(OCCCCCCCC)cc5-c5cc(OCCCCCCCC)ccc54)cc3OCCCCCCCC)cc21. The minimum absolute atomic E-state index is 0.613. The highest BCUT2D eigenvalue weighted by atomic mass is 16.5. The molecule has 9 aromatic rings. The molecule has 4 aliphatic carbocycles. The Balaban J connectivity index is 0.934. The van der Waals surface area contributed by atoms with Crippen LogP contribution in [0.1, 0.15) is 317 Å². The summed E-state index contributed by atoms with van der Waals surface area (Å²) in [6.45, 7) is 17.9. The number of unbranched alkanes of at least 4 members (excludes halogenated alkanes) is 30. The molecule has 6 heteroatoms. The first-order chi connectivity index (χ1) is 54.4. The lowest BCUT2D eigenvalue weighted by Gasteiger charge is -2.31. The number of fused-ring (bicyclic) bond motifs is 20. The van der Waals surface area contributed by atoms with Crippen molar-refractivity contribution in [3.05, 3.63) is 214 Å². The van der Waals surface area contributed by atoms with Gasteiger partial charge in [0.05, 0.1) is 50.5 Å². The fourth-order valence-corrected chi connectivity index (χ4v) is 18.7. The second-order valence-electron chi connectivity index (χ2n) is 32.5. The third kappa shape index (κ3) is 17.8. The Morgan fingerprint density at radius 1 is 0.182 bits per heavy atom. The van der Waals surface area contributed by atoms with Gasteiger partial charge in [0, 0.05) is 11.1 Å². The molecule has 13 rings (SSSR count). The summed E-state index contributed by atoms with van der Waals surface area (Å²) in [6.07, 6.45) is 43.5. The fourth-order valence-electron chi connectivity index (χ4n) is 18.7. The smallest absolute Gasteiger partial charge is 0.128 e. The Kier molecular flexibility index (Phi) is 29.3. The zero-order chi connectivity index (χ0) is 75.8. The summed E-state index contributed by atoms with van der Waals surface area (Å²) in [5.41, 5.74) is 23.4.